The molecule has 15 rings (SSSR count). The first-order valence-corrected chi connectivity index (χ1v) is 27.2. The van der Waals surface area contributed by atoms with Gasteiger partial charge in [-0.25, -0.2) is 9.97 Å². The van der Waals surface area contributed by atoms with Crippen molar-refractivity contribution >= 4 is 65.4 Å². The Hall–Kier alpha value is -10.1. The Morgan fingerprint density at radius 3 is 0.975 bits per heavy atom. The van der Waals surface area contributed by atoms with Crippen molar-refractivity contribution < 1.29 is 0 Å². The summed E-state index contributed by atoms with van der Waals surface area (Å²) in [5, 5.41) is 7.46. The van der Waals surface area contributed by atoms with Gasteiger partial charge in [0.15, 0.2) is 5.82 Å². The topological polar surface area (TPSA) is 40.6 Å². The predicted molar refractivity (Wildman–Crippen MR) is 331 cm³/mol. The maximum absolute atomic E-state index is 5.10. The van der Waals surface area contributed by atoms with Gasteiger partial charge in [-0.2, -0.15) is 0 Å². The summed E-state index contributed by atoms with van der Waals surface area (Å²) < 4.78 is 7.31. The molecule has 0 atom stereocenters. The van der Waals surface area contributed by atoms with Crippen LogP contribution in [0.3, 0.4) is 0 Å². The summed E-state index contributed by atoms with van der Waals surface area (Å²) in [6, 6.07) is 91.1. The molecule has 0 saturated carbocycles. The minimum atomic E-state index is 0.719. The third-order valence-corrected chi connectivity index (χ3v) is 16.1. The summed E-state index contributed by atoms with van der Waals surface area (Å²) >= 11 is 0. The van der Waals surface area contributed by atoms with E-state index in [-0.39, 0.29) is 0 Å². The molecule has 5 heteroatoms. The fourth-order valence-corrected chi connectivity index (χ4v) is 12.1. The van der Waals surface area contributed by atoms with E-state index in [9.17, 15) is 0 Å². The van der Waals surface area contributed by atoms with Crippen LogP contribution >= 0.6 is 0 Å². The third-order valence-electron chi connectivity index (χ3n) is 16.1. The van der Waals surface area contributed by atoms with Gasteiger partial charge in [0, 0.05) is 66.1 Å². The number of aromatic nitrogens is 5. The highest BCUT2D eigenvalue weighted by Gasteiger charge is 2.20. The summed E-state index contributed by atoms with van der Waals surface area (Å²) in [7, 11) is 0. The first-order valence-electron chi connectivity index (χ1n) is 27.2. The lowest BCUT2D eigenvalue weighted by Crippen LogP contribution is -1.96. The van der Waals surface area contributed by atoms with Crippen molar-refractivity contribution in [2.45, 2.75) is 27.7 Å². The average Bonchev–Trinajstić information content (AvgIpc) is 4.33. The van der Waals surface area contributed by atoms with Crippen molar-refractivity contribution in [1.29, 1.82) is 0 Å². The van der Waals surface area contributed by atoms with Gasteiger partial charge in [-0.1, -0.05) is 180 Å². The van der Waals surface area contributed by atoms with Crippen LogP contribution < -0.4 is 0 Å². The number of nitrogens with zero attached hydrogens (tertiary/aromatic N) is 5. The average molecular weight is 1010 g/mol. The third kappa shape index (κ3) is 7.84. The van der Waals surface area contributed by atoms with E-state index in [0.717, 1.165) is 78.7 Å². The molecule has 0 N–H and O–H groups in total. The zero-order valence-corrected chi connectivity index (χ0v) is 44.4. The quantitative estimate of drug-likeness (QED) is 0.152. The maximum atomic E-state index is 5.10. The van der Waals surface area contributed by atoms with Crippen LogP contribution in [0.4, 0.5) is 0 Å². The highest BCUT2D eigenvalue weighted by Crippen LogP contribution is 2.41. The van der Waals surface area contributed by atoms with E-state index < -0.39 is 0 Å². The number of aryl methyl sites for hydroxylation is 4. The lowest BCUT2D eigenvalue weighted by Gasteiger charge is -2.12. The molecule has 0 amide bonds. The number of fused-ring (bicyclic) bond motifs is 9. The molecule has 15 aromatic rings. The molecule has 0 unspecified atom stereocenters. The van der Waals surface area contributed by atoms with Crippen molar-refractivity contribution in [3.05, 3.63) is 271 Å². The lowest BCUT2D eigenvalue weighted by molar-refractivity contribution is 1.16. The summed E-state index contributed by atoms with van der Waals surface area (Å²) in [5.74, 6) is 0.719. The van der Waals surface area contributed by atoms with E-state index >= 15 is 0 Å². The van der Waals surface area contributed by atoms with E-state index in [0.29, 0.717) is 0 Å². The fraction of sp³-hybridized carbons (Fsp3) is 0.0541. The van der Waals surface area contributed by atoms with Gasteiger partial charge < -0.3 is 13.7 Å². The van der Waals surface area contributed by atoms with Crippen molar-refractivity contribution in [2.75, 3.05) is 0 Å². The number of rotatable bonds is 8. The molecule has 79 heavy (non-hydrogen) atoms. The molecule has 0 radical (unpaired) electrons. The normalized spacial score (nSPS) is 11.8. The Morgan fingerprint density at radius 1 is 0.228 bits per heavy atom. The predicted octanol–water partition coefficient (Wildman–Crippen LogP) is 19.3. The maximum Gasteiger partial charge on any atom is 0.160 e. The standard InChI is InChI=1S/C74H53N5/c1-46-13-19-54(20-14-46)66-45-67(76-74(75-66)56-21-15-47(2)16-22-56)55-29-27-52(28-30-55)50-23-25-51(26-24-50)53-31-33-57(34-32-53)77-72-39-35-58(78-68-11-7-5-9-60(68)61-10-6-8-12-69(61)78)43-64(72)65-44-59(36-40-73(65)77)79-70-37-17-48(3)41-62(70)63-42-49(4)18-38-71(63)79/h5-45H,1-4H3. The van der Waals surface area contributed by atoms with Gasteiger partial charge in [0.05, 0.1) is 44.5 Å². The van der Waals surface area contributed by atoms with E-state index in [1.807, 2.05) is 0 Å². The molecule has 0 bridgehead atoms. The second kappa shape index (κ2) is 18.3. The van der Waals surface area contributed by atoms with Crippen LogP contribution in [0.1, 0.15) is 22.3 Å². The highest BCUT2D eigenvalue weighted by molar-refractivity contribution is 6.14. The Balaban J connectivity index is 0.789. The minimum Gasteiger partial charge on any atom is -0.309 e. The van der Waals surface area contributed by atoms with Crippen LogP contribution in [-0.2, 0) is 0 Å². The molecule has 0 aliphatic carbocycles. The number of hydrogen-bond donors (Lipinski definition) is 0. The lowest BCUT2D eigenvalue weighted by atomic mass is 9.98. The van der Waals surface area contributed by atoms with Crippen LogP contribution in [-0.4, -0.2) is 23.7 Å². The van der Waals surface area contributed by atoms with Gasteiger partial charge in [-0.05, 0) is 141 Å². The van der Waals surface area contributed by atoms with Gasteiger partial charge in [-0.3, -0.25) is 0 Å². The molecular formula is C74H53N5. The van der Waals surface area contributed by atoms with Gasteiger partial charge in [0.2, 0.25) is 0 Å². The second-order valence-electron chi connectivity index (χ2n) is 21.4. The molecule has 0 saturated heterocycles. The van der Waals surface area contributed by atoms with Crippen LogP contribution in [0, 0.1) is 27.7 Å². The Kier molecular flexibility index (Phi) is 10.7. The Morgan fingerprint density at radius 2 is 0.532 bits per heavy atom. The smallest absolute Gasteiger partial charge is 0.160 e. The molecule has 11 aromatic carbocycles. The molecule has 0 aliphatic heterocycles. The summed E-state index contributed by atoms with van der Waals surface area (Å²) in [5.41, 5.74) is 25.0. The molecular weight excluding hydrogens is 959 g/mol. The molecule has 4 aromatic heterocycles. The van der Waals surface area contributed by atoms with E-state index in [2.05, 4.69) is 290 Å². The van der Waals surface area contributed by atoms with Gasteiger partial charge in [0.1, 0.15) is 0 Å². The Labute approximate surface area is 458 Å². The summed E-state index contributed by atoms with van der Waals surface area (Å²) in [6.45, 7) is 8.58. The highest BCUT2D eigenvalue weighted by atomic mass is 15.0. The molecule has 4 heterocycles. The van der Waals surface area contributed by atoms with Crippen molar-refractivity contribution in [1.82, 2.24) is 23.7 Å². The molecule has 0 spiro atoms. The number of para-hydroxylation sites is 2. The van der Waals surface area contributed by atoms with Crippen LogP contribution in [0.5, 0.6) is 0 Å². The van der Waals surface area contributed by atoms with Crippen molar-refractivity contribution in [3.63, 3.8) is 0 Å². The van der Waals surface area contributed by atoms with Crippen LogP contribution in [0.2, 0.25) is 0 Å². The van der Waals surface area contributed by atoms with Crippen LogP contribution in [0.15, 0.2) is 249 Å². The monoisotopic (exact) mass is 1010 g/mol. The number of benzene rings is 11. The molecule has 0 fully saturated rings. The molecule has 0 aliphatic rings. The van der Waals surface area contributed by atoms with Crippen molar-refractivity contribution in [2.24, 2.45) is 0 Å². The minimum absolute atomic E-state index is 0.719. The summed E-state index contributed by atoms with van der Waals surface area (Å²) in [6.07, 6.45) is 0. The van der Waals surface area contributed by atoms with Gasteiger partial charge in [-0.15, -0.1) is 0 Å². The van der Waals surface area contributed by atoms with Crippen LogP contribution in [0.25, 0.3) is 139 Å². The fourth-order valence-electron chi connectivity index (χ4n) is 12.1. The van der Waals surface area contributed by atoms with E-state index in [4.69, 9.17) is 9.97 Å². The molecule has 374 valence electrons. The summed E-state index contributed by atoms with van der Waals surface area (Å²) in [4.78, 5) is 10.1. The van der Waals surface area contributed by atoms with Crippen molar-refractivity contribution in [3.8, 4) is 73.2 Å². The van der Waals surface area contributed by atoms with Gasteiger partial charge >= 0.3 is 0 Å². The first-order chi connectivity index (χ1) is 38.8. The zero-order chi connectivity index (χ0) is 52.9. The molecule has 5 nitrogen and oxygen atoms in total. The van der Waals surface area contributed by atoms with Gasteiger partial charge in [0.25, 0.3) is 0 Å². The first kappa shape index (κ1) is 46.2. The zero-order valence-electron chi connectivity index (χ0n) is 44.4. The Bertz CT molecular complexity index is 4700. The second-order valence-corrected chi connectivity index (χ2v) is 21.4. The van der Waals surface area contributed by atoms with E-state index in [1.54, 1.807) is 0 Å². The van der Waals surface area contributed by atoms with E-state index in [1.165, 1.54) is 82.2 Å². The largest absolute Gasteiger partial charge is 0.309 e. The SMILES string of the molecule is Cc1ccc(-c2cc(-c3ccc(-c4ccc(-c5ccc(-n6c7ccc(-n8c9ccccc9c9ccccc98)cc7c7cc(-n8c9ccc(C)cc9c9cc(C)ccc98)ccc76)cc5)cc4)cc3)nc(-c3ccc(C)cc3)n2)cc1. The number of hydrogen-bond acceptors (Lipinski definition) is 2.